The van der Waals surface area contributed by atoms with Crippen LogP contribution in [-0.2, 0) is 9.53 Å². The van der Waals surface area contributed by atoms with Gasteiger partial charge in [0.1, 0.15) is 22.2 Å². The summed E-state index contributed by atoms with van der Waals surface area (Å²) in [5.41, 5.74) is 5.48. The third kappa shape index (κ3) is 12.4. The summed E-state index contributed by atoms with van der Waals surface area (Å²) in [6, 6.07) is 6.73. The summed E-state index contributed by atoms with van der Waals surface area (Å²) in [7, 11) is 1.44. The van der Waals surface area contributed by atoms with Crippen LogP contribution in [0.4, 0.5) is 4.39 Å². The fourth-order valence-electron chi connectivity index (χ4n) is 2.28. The second kappa shape index (κ2) is 15.0. The van der Waals surface area contributed by atoms with Gasteiger partial charge >= 0.3 is 5.97 Å². The topological polar surface area (TPSA) is 115 Å². The Balaban J connectivity index is 0.000000444. The molecular formula is C22H31FN2O5S. The van der Waals surface area contributed by atoms with E-state index in [4.69, 9.17) is 20.3 Å². The van der Waals surface area contributed by atoms with Crippen molar-refractivity contribution in [3.63, 3.8) is 0 Å². The predicted molar refractivity (Wildman–Crippen MR) is 122 cm³/mol. The molecule has 1 aromatic carbocycles. The van der Waals surface area contributed by atoms with Gasteiger partial charge < -0.3 is 25.4 Å². The first-order valence-electron chi connectivity index (χ1n) is 9.67. The number of hydrogen-bond donors (Lipinski definition) is 3. The molecule has 0 spiro atoms. The number of hydrogen-bond acceptors (Lipinski definition) is 7. The summed E-state index contributed by atoms with van der Waals surface area (Å²) >= 11 is 4.66. The van der Waals surface area contributed by atoms with Crippen LogP contribution in [0.15, 0.2) is 36.5 Å². The van der Waals surface area contributed by atoms with Gasteiger partial charge in [-0.05, 0) is 31.4 Å². The second-order valence-corrected chi connectivity index (χ2v) is 7.28. The van der Waals surface area contributed by atoms with Gasteiger partial charge in [0.05, 0.1) is 13.2 Å². The number of carbonyl (C=O) groups is 1. The number of phenolic OH excluding ortho intramolecular Hbond substituents is 1. The molecule has 0 aliphatic rings. The minimum atomic E-state index is -0.412. The Bertz CT molecular complexity index is 816. The fraction of sp³-hybridized carbons (Fsp3) is 0.409. The Labute approximate surface area is 188 Å². The number of rotatable bonds is 6. The highest BCUT2D eigenvalue weighted by Gasteiger charge is 2.10. The Morgan fingerprint density at radius 1 is 1.26 bits per heavy atom. The zero-order valence-corrected chi connectivity index (χ0v) is 19.3. The number of halogens is 1. The first-order valence-corrected chi connectivity index (χ1v) is 10.1. The van der Waals surface area contributed by atoms with Gasteiger partial charge in [0, 0.05) is 24.8 Å². The van der Waals surface area contributed by atoms with E-state index in [-0.39, 0.29) is 34.3 Å². The van der Waals surface area contributed by atoms with Crippen LogP contribution < -0.4 is 10.5 Å². The molecule has 0 fully saturated rings. The zero-order chi connectivity index (χ0) is 24.0. The minimum absolute atomic E-state index is 0.0370. The lowest BCUT2D eigenvalue weighted by Crippen LogP contribution is -2.15. The van der Waals surface area contributed by atoms with Gasteiger partial charge in [-0.2, -0.15) is 0 Å². The number of nitrogens with two attached hydrogens (primary N) is 1. The summed E-state index contributed by atoms with van der Waals surface area (Å²) in [5.74, 6) is 0.239. The highest BCUT2D eigenvalue weighted by Crippen LogP contribution is 2.27. The van der Waals surface area contributed by atoms with E-state index in [0.29, 0.717) is 18.1 Å². The molecule has 0 aliphatic heterocycles. The van der Waals surface area contributed by atoms with Crippen LogP contribution in [0.25, 0.3) is 0 Å². The van der Waals surface area contributed by atoms with Crippen molar-refractivity contribution in [2.45, 2.75) is 46.6 Å². The van der Waals surface area contributed by atoms with Crippen LogP contribution >= 0.6 is 12.2 Å². The van der Waals surface area contributed by atoms with Gasteiger partial charge in [0.25, 0.3) is 0 Å². The highest BCUT2D eigenvalue weighted by atomic mass is 32.1. The molecule has 0 aliphatic carbocycles. The van der Waals surface area contributed by atoms with Gasteiger partial charge in [0.2, 0.25) is 0 Å². The minimum Gasteiger partial charge on any atom is -0.508 e. The maximum atomic E-state index is 12.0. The number of thiocarbonyl (C=S) groups is 1. The number of benzene rings is 1. The number of esters is 1. The molecule has 0 bridgehead atoms. The summed E-state index contributed by atoms with van der Waals surface area (Å²) in [4.78, 5) is 14.6. The third-order valence-corrected chi connectivity index (χ3v) is 3.77. The van der Waals surface area contributed by atoms with Crippen LogP contribution in [0.2, 0.25) is 0 Å². The standard InChI is InChI=1S/C9H18O2.C7H8N2O2S.C6H5FO/c1-5-9(10)11-8(4)6-7(2)3;1-11-4-2-3-9-5(6(4)10)7(8)12;7-5-2-1-3-6(8)4-5/h7-8H,5-6H2,1-4H3;2-3,10H,1H3,(H2,8,12);1-4,8H. The Morgan fingerprint density at radius 3 is 2.32 bits per heavy atom. The van der Waals surface area contributed by atoms with Crippen molar-refractivity contribution in [3.8, 4) is 17.2 Å². The van der Waals surface area contributed by atoms with Gasteiger partial charge in [-0.25, -0.2) is 9.37 Å². The Kier molecular flexibility index (Phi) is 13.5. The molecule has 1 unspecified atom stereocenters. The van der Waals surface area contributed by atoms with E-state index in [2.05, 4.69) is 31.0 Å². The normalized spacial score (nSPS) is 10.7. The lowest BCUT2D eigenvalue weighted by Gasteiger charge is -2.14. The van der Waals surface area contributed by atoms with Crippen molar-refractivity contribution >= 4 is 23.2 Å². The number of pyridine rings is 1. The molecule has 1 atom stereocenters. The van der Waals surface area contributed by atoms with Crippen molar-refractivity contribution in [1.29, 1.82) is 0 Å². The molecule has 31 heavy (non-hydrogen) atoms. The molecule has 0 radical (unpaired) electrons. The smallest absolute Gasteiger partial charge is 0.305 e. The number of aromatic nitrogens is 1. The lowest BCUT2D eigenvalue weighted by atomic mass is 10.1. The maximum Gasteiger partial charge on any atom is 0.305 e. The molecule has 1 heterocycles. The Hall–Kier alpha value is -2.94. The van der Waals surface area contributed by atoms with Crippen molar-refractivity contribution < 1.29 is 28.9 Å². The fourth-order valence-corrected chi connectivity index (χ4v) is 2.43. The highest BCUT2D eigenvalue weighted by molar-refractivity contribution is 7.80. The first kappa shape index (κ1) is 28.1. The van der Waals surface area contributed by atoms with Crippen LogP contribution in [0, 0.1) is 11.7 Å². The van der Waals surface area contributed by atoms with E-state index in [1.807, 2.05) is 13.8 Å². The summed E-state index contributed by atoms with van der Waals surface area (Å²) in [5, 5.41) is 18.0. The molecule has 0 saturated carbocycles. The monoisotopic (exact) mass is 454 g/mol. The van der Waals surface area contributed by atoms with Gasteiger partial charge in [-0.15, -0.1) is 0 Å². The summed E-state index contributed by atoms with van der Waals surface area (Å²) in [6.45, 7) is 7.99. The number of phenols is 1. The predicted octanol–water partition coefficient (Wildman–Crippen LogP) is 4.34. The van der Waals surface area contributed by atoms with Crippen molar-refractivity contribution in [3.05, 3.63) is 48.0 Å². The lowest BCUT2D eigenvalue weighted by molar-refractivity contribution is -0.148. The van der Waals surface area contributed by atoms with Gasteiger partial charge in [0.15, 0.2) is 11.5 Å². The second-order valence-electron chi connectivity index (χ2n) is 6.84. The van der Waals surface area contributed by atoms with Gasteiger partial charge in [-0.1, -0.05) is 39.1 Å². The van der Waals surface area contributed by atoms with E-state index in [0.717, 1.165) is 12.5 Å². The molecule has 0 saturated heterocycles. The summed E-state index contributed by atoms with van der Waals surface area (Å²) < 4.78 is 21.9. The van der Waals surface area contributed by atoms with Crippen LogP contribution in [0.5, 0.6) is 17.2 Å². The van der Waals surface area contributed by atoms with Crippen molar-refractivity contribution in [2.24, 2.45) is 11.7 Å². The van der Waals surface area contributed by atoms with Gasteiger partial charge in [-0.3, -0.25) is 4.79 Å². The Morgan fingerprint density at radius 2 is 1.90 bits per heavy atom. The molecule has 2 aromatic rings. The molecule has 1 aromatic heterocycles. The summed E-state index contributed by atoms with van der Waals surface area (Å²) in [6.07, 6.45) is 2.96. The number of nitrogens with zero attached hydrogens (tertiary/aromatic N) is 1. The van der Waals surface area contributed by atoms with Crippen LogP contribution in [0.3, 0.4) is 0 Å². The van der Waals surface area contributed by atoms with Crippen molar-refractivity contribution in [2.75, 3.05) is 7.11 Å². The SMILES string of the molecule is CCC(=O)OC(C)CC(C)C.COc1ccnc(C(N)=S)c1O.Oc1cccc(F)c1. The first-order chi connectivity index (χ1) is 14.5. The van der Waals surface area contributed by atoms with Crippen LogP contribution in [-0.4, -0.2) is 39.4 Å². The van der Waals surface area contributed by atoms with E-state index < -0.39 is 5.82 Å². The molecule has 4 N–H and O–H groups in total. The van der Waals surface area contributed by atoms with E-state index >= 15 is 0 Å². The molecular weight excluding hydrogens is 423 g/mol. The van der Waals surface area contributed by atoms with E-state index in [9.17, 15) is 14.3 Å². The molecule has 7 nitrogen and oxygen atoms in total. The number of carbonyl (C=O) groups excluding carboxylic acids is 1. The number of aromatic hydroxyl groups is 2. The molecule has 172 valence electrons. The van der Waals surface area contributed by atoms with Crippen molar-refractivity contribution in [1.82, 2.24) is 4.98 Å². The van der Waals surface area contributed by atoms with Crippen LogP contribution in [0.1, 0.15) is 46.2 Å². The van der Waals surface area contributed by atoms with E-state index in [1.165, 1.54) is 37.6 Å². The van der Waals surface area contributed by atoms with E-state index in [1.54, 1.807) is 0 Å². The quantitative estimate of drug-likeness (QED) is 0.436. The maximum absolute atomic E-state index is 12.0. The molecule has 2 rings (SSSR count). The molecule has 0 amide bonds. The number of ether oxygens (including phenoxy) is 2. The largest absolute Gasteiger partial charge is 0.508 e. The number of methoxy groups -OCH3 is 1. The average Bonchev–Trinajstić information content (AvgIpc) is 2.68. The zero-order valence-electron chi connectivity index (χ0n) is 18.5. The third-order valence-electron chi connectivity index (χ3n) is 3.57. The molecule has 9 heteroatoms. The average molecular weight is 455 g/mol.